The molecular formula is C15H19NO2. The minimum absolute atomic E-state index is 0.0133. The average Bonchev–Trinajstić information content (AvgIpc) is 2.43. The maximum atomic E-state index is 11.9. The third kappa shape index (κ3) is 3.13. The number of hydrogen-bond donors (Lipinski definition) is 1. The quantitative estimate of drug-likeness (QED) is 0.810. The molecule has 0 atom stereocenters. The van der Waals surface area contributed by atoms with Gasteiger partial charge in [0.2, 0.25) is 0 Å². The van der Waals surface area contributed by atoms with Crippen LogP contribution in [0.3, 0.4) is 0 Å². The van der Waals surface area contributed by atoms with Gasteiger partial charge in [0.1, 0.15) is 12.4 Å². The fraction of sp³-hybridized carbons (Fsp3) is 0.400. The van der Waals surface area contributed by atoms with Crippen molar-refractivity contribution in [2.75, 3.05) is 13.2 Å². The third-order valence-electron chi connectivity index (χ3n) is 2.99. The predicted molar refractivity (Wildman–Crippen MR) is 72.4 cm³/mol. The number of rotatable bonds is 5. The Balaban J connectivity index is 1.94. The van der Waals surface area contributed by atoms with Crippen LogP contribution in [0.1, 0.15) is 31.7 Å². The fourth-order valence-electron chi connectivity index (χ4n) is 1.94. The van der Waals surface area contributed by atoms with Crippen molar-refractivity contribution >= 4 is 12.0 Å². The van der Waals surface area contributed by atoms with Gasteiger partial charge in [-0.15, -0.1) is 0 Å². The molecule has 1 aliphatic heterocycles. The molecule has 1 aromatic rings. The van der Waals surface area contributed by atoms with Crippen LogP contribution in [0.25, 0.3) is 6.08 Å². The van der Waals surface area contributed by atoms with Crippen LogP contribution in [0.5, 0.6) is 5.75 Å². The molecular weight excluding hydrogens is 226 g/mol. The second-order valence-electron chi connectivity index (χ2n) is 4.46. The number of carbonyl (C=O) groups excluding carboxylic acids is 1. The van der Waals surface area contributed by atoms with Gasteiger partial charge in [0.05, 0.1) is 5.57 Å². The Kier molecular flexibility index (Phi) is 4.40. The maximum absolute atomic E-state index is 11.9. The molecule has 0 unspecified atom stereocenters. The summed E-state index contributed by atoms with van der Waals surface area (Å²) in [5.41, 5.74) is 1.67. The summed E-state index contributed by atoms with van der Waals surface area (Å²) in [7, 11) is 0. The standard InChI is InChI=1S/C15H19NO2/c1-2-3-6-9-16-15(17)13-10-12-7-4-5-8-14(12)18-11-13/h4-5,7-8,10H,2-3,6,9,11H2,1H3,(H,16,17). The Bertz CT molecular complexity index is 452. The van der Waals surface area contributed by atoms with Gasteiger partial charge < -0.3 is 10.1 Å². The Hall–Kier alpha value is -1.77. The van der Waals surface area contributed by atoms with Crippen LogP contribution in [0, 0.1) is 0 Å². The van der Waals surface area contributed by atoms with Crippen molar-refractivity contribution in [2.24, 2.45) is 0 Å². The average molecular weight is 245 g/mol. The number of para-hydroxylation sites is 1. The maximum Gasteiger partial charge on any atom is 0.250 e. The van der Waals surface area contributed by atoms with E-state index < -0.39 is 0 Å². The number of carbonyl (C=O) groups is 1. The van der Waals surface area contributed by atoms with E-state index in [4.69, 9.17) is 4.74 Å². The van der Waals surface area contributed by atoms with Crippen LogP contribution in [-0.2, 0) is 4.79 Å². The molecule has 1 N–H and O–H groups in total. The van der Waals surface area contributed by atoms with E-state index in [9.17, 15) is 4.79 Å². The van der Waals surface area contributed by atoms with Crippen molar-refractivity contribution in [1.29, 1.82) is 0 Å². The molecule has 0 bridgehead atoms. The molecule has 1 aromatic carbocycles. The van der Waals surface area contributed by atoms with Gasteiger partial charge in [0.25, 0.3) is 5.91 Å². The van der Waals surface area contributed by atoms with E-state index in [1.165, 1.54) is 0 Å². The molecule has 1 aliphatic rings. The predicted octanol–water partition coefficient (Wildman–Crippen LogP) is 2.77. The monoisotopic (exact) mass is 245 g/mol. The molecule has 0 saturated carbocycles. The van der Waals surface area contributed by atoms with Crippen molar-refractivity contribution < 1.29 is 9.53 Å². The minimum atomic E-state index is -0.0133. The first-order valence-corrected chi connectivity index (χ1v) is 6.52. The highest BCUT2D eigenvalue weighted by Crippen LogP contribution is 2.25. The molecule has 0 aliphatic carbocycles. The Morgan fingerprint density at radius 2 is 2.17 bits per heavy atom. The summed E-state index contributed by atoms with van der Waals surface area (Å²) < 4.78 is 5.56. The number of fused-ring (bicyclic) bond motifs is 1. The van der Waals surface area contributed by atoms with Crippen molar-refractivity contribution in [3.8, 4) is 5.75 Å². The topological polar surface area (TPSA) is 38.3 Å². The van der Waals surface area contributed by atoms with Gasteiger partial charge in [-0.3, -0.25) is 4.79 Å². The van der Waals surface area contributed by atoms with Crippen LogP contribution < -0.4 is 10.1 Å². The number of nitrogens with one attached hydrogen (secondary N) is 1. The van der Waals surface area contributed by atoms with Gasteiger partial charge in [-0.2, -0.15) is 0 Å². The molecule has 0 aromatic heterocycles. The van der Waals surface area contributed by atoms with Gasteiger partial charge in [0, 0.05) is 12.1 Å². The molecule has 3 nitrogen and oxygen atoms in total. The highest BCUT2D eigenvalue weighted by Gasteiger charge is 2.16. The number of hydrogen-bond acceptors (Lipinski definition) is 2. The van der Waals surface area contributed by atoms with E-state index in [1.807, 2.05) is 30.3 Å². The van der Waals surface area contributed by atoms with Crippen molar-refractivity contribution in [2.45, 2.75) is 26.2 Å². The van der Waals surface area contributed by atoms with Crippen LogP contribution in [0.4, 0.5) is 0 Å². The van der Waals surface area contributed by atoms with E-state index in [0.717, 1.165) is 37.1 Å². The Labute approximate surface area is 108 Å². The molecule has 18 heavy (non-hydrogen) atoms. The van der Waals surface area contributed by atoms with E-state index in [-0.39, 0.29) is 5.91 Å². The molecule has 3 heteroatoms. The summed E-state index contributed by atoms with van der Waals surface area (Å²) in [4.78, 5) is 11.9. The van der Waals surface area contributed by atoms with E-state index in [2.05, 4.69) is 12.2 Å². The normalized spacial score (nSPS) is 13.3. The lowest BCUT2D eigenvalue weighted by Gasteiger charge is -2.17. The Morgan fingerprint density at radius 1 is 1.33 bits per heavy atom. The first-order chi connectivity index (χ1) is 8.81. The van der Waals surface area contributed by atoms with Crippen LogP contribution in [0.2, 0.25) is 0 Å². The van der Waals surface area contributed by atoms with E-state index in [1.54, 1.807) is 0 Å². The van der Waals surface area contributed by atoms with Crippen LogP contribution >= 0.6 is 0 Å². The van der Waals surface area contributed by atoms with Gasteiger partial charge in [-0.1, -0.05) is 38.0 Å². The zero-order valence-electron chi connectivity index (χ0n) is 10.7. The Morgan fingerprint density at radius 3 is 3.00 bits per heavy atom. The summed E-state index contributed by atoms with van der Waals surface area (Å²) in [5, 5.41) is 2.93. The minimum Gasteiger partial charge on any atom is -0.488 e. The van der Waals surface area contributed by atoms with E-state index in [0.29, 0.717) is 12.2 Å². The van der Waals surface area contributed by atoms with Crippen molar-refractivity contribution in [3.63, 3.8) is 0 Å². The lowest BCUT2D eigenvalue weighted by Crippen LogP contribution is -2.29. The zero-order chi connectivity index (χ0) is 12.8. The summed E-state index contributed by atoms with van der Waals surface area (Å²) >= 11 is 0. The number of unbranched alkanes of at least 4 members (excludes halogenated alkanes) is 2. The lowest BCUT2D eigenvalue weighted by atomic mass is 10.1. The lowest BCUT2D eigenvalue weighted by molar-refractivity contribution is -0.117. The summed E-state index contributed by atoms with van der Waals surface area (Å²) in [6, 6.07) is 7.75. The largest absolute Gasteiger partial charge is 0.488 e. The number of amides is 1. The van der Waals surface area contributed by atoms with E-state index >= 15 is 0 Å². The summed E-state index contributed by atoms with van der Waals surface area (Å²) in [6.07, 6.45) is 5.26. The molecule has 0 radical (unpaired) electrons. The van der Waals surface area contributed by atoms with Crippen molar-refractivity contribution in [3.05, 3.63) is 35.4 Å². The highest BCUT2D eigenvalue weighted by atomic mass is 16.5. The van der Waals surface area contributed by atoms with Gasteiger partial charge in [-0.05, 0) is 18.6 Å². The molecule has 2 rings (SSSR count). The first kappa shape index (κ1) is 12.7. The number of benzene rings is 1. The fourth-order valence-corrected chi connectivity index (χ4v) is 1.94. The summed E-state index contributed by atoms with van der Waals surface area (Å²) in [5.74, 6) is 0.834. The second-order valence-corrected chi connectivity index (χ2v) is 4.46. The van der Waals surface area contributed by atoms with Crippen molar-refractivity contribution in [1.82, 2.24) is 5.32 Å². The zero-order valence-corrected chi connectivity index (χ0v) is 10.7. The van der Waals surface area contributed by atoms with Crippen LogP contribution in [-0.4, -0.2) is 19.1 Å². The molecule has 1 heterocycles. The molecule has 96 valence electrons. The SMILES string of the molecule is CCCCCNC(=O)C1=Cc2ccccc2OC1. The molecule has 0 saturated heterocycles. The second kappa shape index (κ2) is 6.24. The third-order valence-corrected chi connectivity index (χ3v) is 2.99. The first-order valence-electron chi connectivity index (χ1n) is 6.52. The molecule has 0 spiro atoms. The van der Waals surface area contributed by atoms with Gasteiger partial charge in [-0.25, -0.2) is 0 Å². The van der Waals surface area contributed by atoms with Gasteiger partial charge in [0.15, 0.2) is 0 Å². The number of ether oxygens (including phenoxy) is 1. The van der Waals surface area contributed by atoms with Crippen LogP contribution in [0.15, 0.2) is 29.8 Å². The summed E-state index contributed by atoms with van der Waals surface area (Å²) in [6.45, 7) is 3.25. The smallest absolute Gasteiger partial charge is 0.250 e. The molecule has 0 fully saturated rings. The highest BCUT2D eigenvalue weighted by molar-refractivity contribution is 5.99. The van der Waals surface area contributed by atoms with Gasteiger partial charge >= 0.3 is 0 Å². The molecule has 1 amide bonds.